The molecule has 5 heteroatoms. The first-order valence-electron chi connectivity index (χ1n) is 4.53. The first-order chi connectivity index (χ1) is 7.13. The predicted octanol–water partition coefficient (Wildman–Crippen LogP) is 2.92. The van der Waals surface area contributed by atoms with E-state index >= 15 is 0 Å². The summed E-state index contributed by atoms with van der Waals surface area (Å²) in [6.45, 7) is 2.11. The number of halogens is 2. The number of esters is 1. The molecule has 0 fully saturated rings. The lowest BCUT2D eigenvalue weighted by Gasteiger charge is -2.00. The molecule has 0 atom stereocenters. The van der Waals surface area contributed by atoms with Crippen LogP contribution >= 0.6 is 24.0 Å². The average molecular weight is 262 g/mol. The van der Waals surface area contributed by atoms with E-state index in [1.807, 2.05) is 0 Å². The molecule has 0 aromatic heterocycles. The van der Waals surface area contributed by atoms with E-state index < -0.39 is 0 Å². The molecule has 0 radical (unpaired) electrons. The summed E-state index contributed by atoms with van der Waals surface area (Å²) in [7, 11) is 0. The van der Waals surface area contributed by atoms with Gasteiger partial charge in [0.25, 0.3) is 0 Å². The molecule has 0 heterocycles. The normalized spacial score (nSPS) is 9.88. The zero-order valence-electron chi connectivity index (χ0n) is 8.77. The van der Waals surface area contributed by atoms with E-state index in [0.717, 1.165) is 5.56 Å². The van der Waals surface area contributed by atoms with Gasteiger partial charge in [0.15, 0.2) is 0 Å². The first-order valence-corrected chi connectivity index (χ1v) is 4.91. The Kier molecular flexibility index (Phi) is 6.61. The van der Waals surface area contributed by atoms with Gasteiger partial charge in [0.1, 0.15) is 0 Å². The van der Waals surface area contributed by atoms with Crippen LogP contribution in [0, 0.1) is 0 Å². The van der Waals surface area contributed by atoms with Crippen molar-refractivity contribution in [1.82, 2.24) is 0 Å². The van der Waals surface area contributed by atoms with Crippen LogP contribution in [0.15, 0.2) is 24.3 Å². The van der Waals surface area contributed by atoms with Crippen molar-refractivity contribution in [2.75, 3.05) is 12.3 Å². The van der Waals surface area contributed by atoms with Crippen molar-refractivity contribution >= 4 is 41.7 Å². The molecule has 0 saturated carbocycles. The minimum Gasteiger partial charge on any atom is -0.463 e. The highest BCUT2D eigenvalue weighted by Gasteiger charge is 1.98. The average Bonchev–Trinajstić information content (AvgIpc) is 2.17. The maximum atomic E-state index is 11.0. The van der Waals surface area contributed by atoms with Crippen LogP contribution in [0.3, 0.4) is 0 Å². The fourth-order valence-electron chi connectivity index (χ4n) is 1.05. The van der Waals surface area contributed by atoms with Crippen LogP contribution in [0.1, 0.15) is 12.5 Å². The predicted molar refractivity (Wildman–Crippen MR) is 68.8 cm³/mol. The van der Waals surface area contributed by atoms with Crippen LogP contribution in [-0.2, 0) is 9.53 Å². The summed E-state index contributed by atoms with van der Waals surface area (Å²) in [5.41, 5.74) is 6.97. The number of nitrogens with two attached hydrogens (primary N) is 1. The Bertz CT molecular complexity index is 392. The Balaban J connectivity index is 0.00000225. The molecule has 88 valence electrons. The van der Waals surface area contributed by atoms with E-state index in [9.17, 15) is 4.79 Å². The molecule has 1 aromatic carbocycles. The van der Waals surface area contributed by atoms with Crippen LogP contribution in [0.25, 0.3) is 6.08 Å². The maximum absolute atomic E-state index is 11.0. The van der Waals surface area contributed by atoms with E-state index in [4.69, 9.17) is 22.1 Å². The van der Waals surface area contributed by atoms with Gasteiger partial charge in [-0.15, -0.1) is 12.4 Å². The molecule has 0 saturated heterocycles. The Morgan fingerprint density at radius 2 is 2.25 bits per heavy atom. The molecule has 2 N–H and O–H groups in total. The van der Waals surface area contributed by atoms with Gasteiger partial charge in [-0.25, -0.2) is 4.79 Å². The van der Waals surface area contributed by atoms with Crippen molar-refractivity contribution in [2.45, 2.75) is 6.92 Å². The number of ether oxygens (including phenoxy) is 1. The third-order valence-electron chi connectivity index (χ3n) is 1.73. The third-order valence-corrected chi connectivity index (χ3v) is 1.97. The fraction of sp³-hybridized carbons (Fsp3) is 0.182. The number of anilines is 1. The molecule has 16 heavy (non-hydrogen) atoms. The minimum absolute atomic E-state index is 0. The van der Waals surface area contributed by atoms with Gasteiger partial charge in [0.05, 0.1) is 6.61 Å². The molecular weight excluding hydrogens is 249 g/mol. The Hall–Kier alpha value is -1.19. The molecular formula is C11H13Cl2NO2. The number of nitrogen functional groups attached to an aromatic ring is 1. The fourth-order valence-corrected chi connectivity index (χ4v) is 1.23. The van der Waals surface area contributed by atoms with Crippen molar-refractivity contribution in [3.8, 4) is 0 Å². The summed E-state index contributed by atoms with van der Waals surface area (Å²) in [5.74, 6) is -0.383. The van der Waals surface area contributed by atoms with Gasteiger partial charge >= 0.3 is 5.97 Å². The SMILES string of the molecule is CCOC(=O)/C=C/c1ccc(Cl)cc1N.Cl. The Morgan fingerprint density at radius 3 is 2.81 bits per heavy atom. The smallest absolute Gasteiger partial charge is 0.330 e. The lowest BCUT2D eigenvalue weighted by atomic mass is 10.1. The number of carbonyl (C=O) groups is 1. The second kappa shape index (κ2) is 7.14. The summed E-state index contributed by atoms with van der Waals surface area (Å²) >= 11 is 5.73. The largest absolute Gasteiger partial charge is 0.463 e. The van der Waals surface area contributed by atoms with Gasteiger partial charge in [-0.05, 0) is 30.7 Å². The van der Waals surface area contributed by atoms with Gasteiger partial charge < -0.3 is 10.5 Å². The number of rotatable bonds is 3. The molecule has 1 rings (SSSR count). The lowest BCUT2D eigenvalue weighted by molar-refractivity contribution is -0.137. The molecule has 0 spiro atoms. The highest BCUT2D eigenvalue weighted by Crippen LogP contribution is 2.18. The summed E-state index contributed by atoms with van der Waals surface area (Å²) in [6, 6.07) is 5.09. The molecule has 0 aliphatic rings. The number of hydrogen-bond acceptors (Lipinski definition) is 3. The first kappa shape index (κ1) is 14.8. The van der Waals surface area contributed by atoms with Gasteiger partial charge in [-0.3, -0.25) is 0 Å². The number of hydrogen-bond donors (Lipinski definition) is 1. The number of carbonyl (C=O) groups excluding carboxylic acids is 1. The standard InChI is InChI=1S/C11H12ClNO2.ClH/c1-2-15-11(14)6-4-8-3-5-9(12)7-10(8)13;/h3-7H,2,13H2,1H3;1H/b6-4+;. The molecule has 0 aliphatic heterocycles. The lowest BCUT2D eigenvalue weighted by Crippen LogP contribution is -1.99. The number of benzene rings is 1. The van der Waals surface area contributed by atoms with Crippen molar-refractivity contribution in [2.24, 2.45) is 0 Å². The van der Waals surface area contributed by atoms with Crippen LogP contribution in [0.2, 0.25) is 5.02 Å². The summed E-state index contributed by atoms with van der Waals surface area (Å²) < 4.78 is 4.73. The molecule has 1 aromatic rings. The van der Waals surface area contributed by atoms with Gasteiger partial charge in [0, 0.05) is 16.8 Å². The zero-order valence-corrected chi connectivity index (χ0v) is 10.3. The summed E-state index contributed by atoms with van der Waals surface area (Å²) in [5, 5.41) is 0.570. The second-order valence-corrected chi connectivity index (χ2v) is 3.30. The Morgan fingerprint density at radius 1 is 1.56 bits per heavy atom. The van der Waals surface area contributed by atoms with Crippen molar-refractivity contribution in [3.63, 3.8) is 0 Å². The summed E-state index contributed by atoms with van der Waals surface area (Å²) in [4.78, 5) is 11.0. The van der Waals surface area contributed by atoms with Crippen LogP contribution in [0.4, 0.5) is 5.69 Å². The van der Waals surface area contributed by atoms with Crippen LogP contribution in [0.5, 0.6) is 0 Å². The quantitative estimate of drug-likeness (QED) is 0.517. The Labute approximate surface area is 106 Å². The third kappa shape index (κ3) is 4.55. The monoisotopic (exact) mass is 261 g/mol. The molecule has 0 unspecified atom stereocenters. The van der Waals surface area contributed by atoms with Crippen molar-refractivity contribution in [3.05, 3.63) is 34.9 Å². The van der Waals surface area contributed by atoms with E-state index in [2.05, 4.69) is 0 Å². The molecule has 0 amide bonds. The van der Waals surface area contributed by atoms with E-state index in [1.165, 1.54) is 6.08 Å². The highest BCUT2D eigenvalue weighted by molar-refractivity contribution is 6.30. The molecule has 3 nitrogen and oxygen atoms in total. The second-order valence-electron chi connectivity index (χ2n) is 2.86. The van der Waals surface area contributed by atoms with Crippen LogP contribution < -0.4 is 5.73 Å². The minimum atomic E-state index is -0.383. The van der Waals surface area contributed by atoms with Crippen molar-refractivity contribution in [1.29, 1.82) is 0 Å². The van der Waals surface area contributed by atoms with E-state index in [0.29, 0.717) is 17.3 Å². The van der Waals surface area contributed by atoms with E-state index in [-0.39, 0.29) is 18.4 Å². The topological polar surface area (TPSA) is 52.3 Å². The van der Waals surface area contributed by atoms with Crippen molar-refractivity contribution < 1.29 is 9.53 Å². The zero-order chi connectivity index (χ0) is 11.3. The van der Waals surface area contributed by atoms with E-state index in [1.54, 1.807) is 31.2 Å². The van der Waals surface area contributed by atoms with Gasteiger partial charge in [-0.1, -0.05) is 17.7 Å². The molecule has 0 aliphatic carbocycles. The molecule has 0 bridgehead atoms. The van der Waals surface area contributed by atoms with Gasteiger partial charge in [-0.2, -0.15) is 0 Å². The summed E-state index contributed by atoms with van der Waals surface area (Å²) in [6.07, 6.45) is 2.94. The highest BCUT2D eigenvalue weighted by atomic mass is 35.5. The van der Waals surface area contributed by atoms with Gasteiger partial charge in [0.2, 0.25) is 0 Å². The van der Waals surface area contributed by atoms with Crippen LogP contribution in [-0.4, -0.2) is 12.6 Å². The maximum Gasteiger partial charge on any atom is 0.330 e.